The van der Waals surface area contributed by atoms with Crippen molar-refractivity contribution in [1.82, 2.24) is 5.32 Å². The molecule has 24 heavy (non-hydrogen) atoms. The first-order chi connectivity index (χ1) is 11.5. The van der Waals surface area contributed by atoms with Gasteiger partial charge in [-0.1, -0.05) is 24.5 Å². The van der Waals surface area contributed by atoms with Gasteiger partial charge in [-0.05, 0) is 57.6 Å². The second kappa shape index (κ2) is 6.88. The minimum Gasteiger partial charge on any atom is -0.507 e. The van der Waals surface area contributed by atoms with Crippen molar-refractivity contribution in [1.29, 1.82) is 0 Å². The number of hydrogen-bond donors (Lipinski definition) is 3. The number of hydrogen-bond acceptors (Lipinski definition) is 3. The van der Waals surface area contributed by atoms with E-state index in [1.54, 1.807) is 13.0 Å². The first kappa shape index (κ1) is 16.9. The Hall–Kier alpha value is -1.97. The van der Waals surface area contributed by atoms with Crippen LogP contribution in [0.15, 0.2) is 17.7 Å². The number of carbonyl (C=O) groups excluding carboxylic acids is 1. The van der Waals surface area contributed by atoms with Gasteiger partial charge in [0.2, 0.25) is 0 Å². The number of aromatic hydroxyl groups is 2. The fourth-order valence-electron chi connectivity index (χ4n) is 4.12. The highest BCUT2D eigenvalue weighted by Gasteiger charge is 2.28. The molecule has 4 nitrogen and oxygen atoms in total. The van der Waals surface area contributed by atoms with Crippen molar-refractivity contribution in [2.24, 2.45) is 0 Å². The van der Waals surface area contributed by atoms with Gasteiger partial charge in [-0.2, -0.15) is 0 Å². The number of allylic oxidation sites excluding steroid dienone is 2. The molecule has 1 unspecified atom stereocenters. The van der Waals surface area contributed by atoms with Crippen molar-refractivity contribution >= 4 is 5.91 Å². The molecular weight excluding hydrogens is 302 g/mol. The summed E-state index contributed by atoms with van der Waals surface area (Å²) in [4.78, 5) is 12.7. The zero-order chi connectivity index (χ0) is 17.3. The van der Waals surface area contributed by atoms with Crippen molar-refractivity contribution in [3.8, 4) is 11.5 Å². The third-order valence-electron chi connectivity index (χ3n) is 5.38. The highest BCUT2D eigenvalue weighted by molar-refractivity contribution is 5.99. The largest absolute Gasteiger partial charge is 0.507 e. The summed E-state index contributed by atoms with van der Waals surface area (Å²) in [5.74, 6) is -0.232. The van der Waals surface area contributed by atoms with E-state index in [0.29, 0.717) is 16.7 Å². The van der Waals surface area contributed by atoms with E-state index >= 15 is 0 Å². The van der Waals surface area contributed by atoms with E-state index < -0.39 is 0 Å². The van der Waals surface area contributed by atoms with Crippen LogP contribution in [0.25, 0.3) is 0 Å². The summed E-state index contributed by atoms with van der Waals surface area (Å²) in [7, 11) is 0. The van der Waals surface area contributed by atoms with Crippen LogP contribution in [-0.2, 0) is 0 Å². The van der Waals surface area contributed by atoms with Crippen LogP contribution in [0.1, 0.15) is 79.3 Å². The molecule has 2 aliphatic carbocycles. The van der Waals surface area contributed by atoms with E-state index in [9.17, 15) is 15.0 Å². The molecule has 0 radical (unpaired) electrons. The van der Waals surface area contributed by atoms with Crippen LogP contribution < -0.4 is 5.32 Å². The van der Waals surface area contributed by atoms with E-state index in [1.165, 1.54) is 5.57 Å². The first-order valence-electron chi connectivity index (χ1n) is 9.01. The third-order valence-corrected chi connectivity index (χ3v) is 5.38. The zero-order valence-corrected chi connectivity index (χ0v) is 14.6. The molecule has 0 saturated heterocycles. The number of rotatable bonds is 3. The molecule has 4 heteroatoms. The smallest absolute Gasteiger partial charge is 0.255 e. The van der Waals surface area contributed by atoms with Crippen molar-refractivity contribution in [3.63, 3.8) is 0 Å². The Morgan fingerprint density at radius 2 is 1.83 bits per heavy atom. The van der Waals surface area contributed by atoms with Gasteiger partial charge in [0.15, 0.2) is 0 Å². The minimum absolute atomic E-state index is 0.0302. The van der Waals surface area contributed by atoms with Gasteiger partial charge in [-0.25, -0.2) is 0 Å². The molecule has 0 aliphatic heterocycles. The molecule has 1 amide bonds. The number of aryl methyl sites for hydroxylation is 1. The Labute approximate surface area is 143 Å². The number of amides is 1. The minimum atomic E-state index is -0.227. The van der Waals surface area contributed by atoms with E-state index in [4.69, 9.17) is 0 Å². The van der Waals surface area contributed by atoms with E-state index in [-0.39, 0.29) is 29.4 Å². The van der Waals surface area contributed by atoms with Gasteiger partial charge in [0, 0.05) is 17.5 Å². The molecule has 3 N–H and O–H groups in total. The van der Waals surface area contributed by atoms with Gasteiger partial charge in [-0.3, -0.25) is 4.79 Å². The van der Waals surface area contributed by atoms with Gasteiger partial charge < -0.3 is 15.5 Å². The van der Waals surface area contributed by atoms with Crippen molar-refractivity contribution in [2.45, 2.75) is 70.8 Å². The monoisotopic (exact) mass is 329 g/mol. The Kier molecular flexibility index (Phi) is 4.83. The van der Waals surface area contributed by atoms with Gasteiger partial charge in [0.1, 0.15) is 11.5 Å². The molecule has 0 bridgehead atoms. The summed E-state index contributed by atoms with van der Waals surface area (Å²) in [6, 6.07) is 1.81. The maximum absolute atomic E-state index is 12.7. The van der Waals surface area contributed by atoms with Crippen molar-refractivity contribution < 1.29 is 15.0 Å². The number of benzene rings is 1. The van der Waals surface area contributed by atoms with Crippen LogP contribution >= 0.6 is 0 Å². The van der Waals surface area contributed by atoms with Crippen LogP contribution in [0.4, 0.5) is 0 Å². The molecule has 1 atom stereocenters. The molecule has 0 heterocycles. The molecular formula is C20H27NO3. The normalized spacial score (nSPS) is 21.6. The SMILES string of the molecule is CC1=CC(c2c(O)cc(C)c(C(=O)NC3CCCC3)c2O)CCC1. The molecule has 1 aromatic carbocycles. The molecule has 0 spiro atoms. The lowest BCUT2D eigenvalue weighted by Gasteiger charge is -2.24. The molecule has 1 aromatic rings. The van der Waals surface area contributed by atoms with Crippen molar-refractivity contribution in [3.05, 3.63) is 34.4 Å². The average molecular weight is 329 g/mol. The lowest BCUT2D eigenvalue weighted by molar-refractivity contribution is 0.0934. The Morgan fingerprint density at radius 3 is 2.50 bits per heavy atom. The summed E-state index contributed by atoms with van der Waals surface area (Å²) in [6.45, 7) is 3.83. The maximum Gasteiger partial charge on any atom is 0.255 e. The molecule has 1 saturated carbocycles. The topological polar surface area (TPSA) is 69.6 Å². The van der Waals surface area contributed by atoms with Gasteiger partial charge in [0.05, 0.1) is 5.56 Å². The first-order valence-corrected chi connectivity index (χ1v) is 9.01. The zero-order valence-electron chi connectivity index (χ0n) is 14.6. The highest BCUT2D eigenvalue weighted by atomic mass is 16.3. The standard InChI is InChI=1S/C20H27NO3/c1-12-6-5-7-14(10-12)18-16(22)11-13(2)17(19(18)23)20(24)21-15-8-3-4-9-15/h10-11,14-15,22-23H,3-9H2,1-2H3,(H,21,24). The molecule has 2 aliphatic rings. The van der Waals surface area contributed by atoms with Crippen LogP contribution in [-0.4, -0.2) is 22.2 Å². The summed E-state index contributed by atoms with van der Waals surface area (Å²) < 4.78 is 0. The lowest BCUT2D eigenvalue weighted by Crippen LogP contribution is -2.33. The Morgan fingerprint density at radius 1 is 1.12 bits per heavy atom. The quantitative estimate of drug-likeness (QED) is 0.724. The summed E-state index contributed by atoms with van der Waals surface area (Å²) in [6.07, 6.45) is 9.35. The highest BCUT2D eigenvalue weighted by Crippen LogP contribution is 2.43. The summed E-state index contributed by atoms with van der Waals surface area (Å²) in [5.41, 5.74) is 2.69. The van der Waals surface area contributed by atoms with Crippen molar-refractivity contribution in [2.75, 3.05) is 0 Å². The number of nitrogens with one attached hydrogen (secondary N) is 1. The second-order valence-electron chi connectivity index (χ2n) is 7.32. The second-order valence-corrected chi connectivity index (χ2v) is 7.32. The average Bonchev–Trinajstić information content (AvgIpc) is 2.99. The van der Waals surface area contributed by atoms with Gasteiger partial charge in [-0.15, -0.1) is 0 Å². The predicted octanol–water partition coefficient (Wildman–Crippen LogP) is 4.29. The van der Waals surface area contributed by atoms with E-state index in [2.05, 4.69) is 18.3 Å². The number of carbonyl (C=O) groups is 1. The fraction of sp³-hybridized carbons (Fsp3) is 0.550. The summed E-state index contributed by atoms with van der Waals surface area (Å²) >= 11 is 0. The molecule has 0 aromatic heterocycles. The van der Waals surface area contributed by atoms with Crippen LogP contribution in [0.5, 0.6) is 11.5 Å². The number of phenolic OH excluding ortho intramolecular Hbond substituents is 2. The third kappa shape index (κ3) is 3.28. The Bertz CT molecular complexity index is 672. The summed E-state index contributed by atoms with van der Waals surface area (Å²) in [5, 5.41) is 24.2. The molecule has 3 rings (SSSR count). The van der Waals surface area contributed by atoms with Crippen LogP contribution in [0.3, 0.4) is 0 Å². The van der Waals surface area contributed by atoms with Crippen LogP contribution in [0, 0.1) is 6.92 Å². The van der Waals surface area contributed by atoms with Crippen LogP contribution in [0.2, 0.25) is 0 Å². The Balaban J connectivity index is 1.96. The predicted molar refractivity (Wildman–Crippen MR) is 94.6 cm³/mol. The molecule has 130 valence electrons. The van der Waals surface area contributed by atoms with Gasteiger partial charge >= 0.3 is 0 Å². The van der Waals surface area contributed by atoms with E-state index in [1.807, 2.05) is 0 Å². The fourth-order valence-corrected chi connectivity index (χ4v) is 4.12. The van der Waals surface area contributed by atoms with E-state index in [0.717, 1.165) is 44.9 Å². The number of phenols is 2. The van der Waals surface area contributed by atoms with Gasteiger partial charge in [0.25, 0.3) is 5.91 Å². The lowest BCUT2D eigenvalue weighted by atomic mass is 9.83. The maximum atomic E-state index is 12.7. The molecule has 1 fully saturated rings.